The summed E-state index contributed by atoms with van der Waals surface area (Å²) in [5.41, 5.74) is 0. The zero-order chi connectivity index (χ0) is 11.3. The number of hydrogen-bond acceptors (Lipinski definition) is 2. The Balaban J connectivity index is 2.12. The lowest BCUT2D eigenvalue weighted by Gasteiger charge is -2.12. The van der Waals surface area contributed by atoms with Gasteiger partial charge in [0.15, 0.2) is 0 Å². The highest BCUT2D eigenvalue weighted by molar-refractivity contribution is 5.76. The molecule has 1 amide bonds. The van der Waals surface area contributed by atoms with Gasteiger partial charge in [0.1, 0.15) is 6.10 Å². The Kier molecular flexibility index (Phi) is 4.94. The van der Waals surface area contributed by atoms with Gasteiger partial charge in [-0.15, -0.1) is 0 Å². The summed E-state index contributed by atoms with van der Waals surface area (Å²) in [6.07, 6.45) is 0.246. The van der Waals surface area contributed by atoms with Crippen LogP contribution >= 0.6 is 0 Å². The van der Waals surface area contributed by atoms with E-state index in [2.05, 4.69) is 5.32 Å². The van der Waals surface area contributed by atoms with E-state index >= 15 is 0 Å². The first-order valence-electron chi connectivity index (χ1n) is 5.32. The van der Waals surface area contributed by atoms with Gasteiger partial charge in [0, 0.05) is 13.0 Å². The number of rotatable bonds is 5. The fourth-order valence-corrected chi connectivity index (χ4v) is 1.86. The SMILES string of the molecule is O=C(CC1CCCC1)NCC(O)C(F)F. The summed E-state index contributed by atoms with van der Waals surface area (Å²) in [5, 5.41) is 11.1. The van der Waals surface area contributed by atoms with Crippen molar-refractivity contribution >= 4 is 5.91 Å². The van der Waals surface area contributed by atoms with Crippen LogP contribution in [-0.4, -0.2) is 30.1 Å². The van der Waals surface area contributed by atoms with E-state index < -0.39 is 12.5 Å². The molecule has 0 bridgehead atoms. The lowest BCUT2D eigenvalue weighted by atomic mass is 10.0. The van der Waals surface area contributed by atoms with E-state index in [1.807, 2.05) is 0 Å². The summed E-state index contributed by atoms with van der Waals surface area (Å²) in [6.45, 7) is -0.358. The minimum atomic E-state index is -2.79. The average Bonchev–Trinajstić information content (AvgIpc) is 2.66. The molecule has 1 fully saturated rings. The van der Waals surface area contributed by atoms with E-state index in [4.69, 9.17) is 5.11 Å². The molecular formula is C10H17F2NO2. The average molecular weight is 221 g/mol. The Morgan fingerprint density at radius 1 is 1.40 bits per heavy atom. The van der Waals surface area contributed by atoms with Crippen molar-refractivity contribution in [3.8, 4) is 0 Å². The molecule has 15 heavy (non-hydrogen) atoms. The number of nitrogens with one attached hydrogen (secondary N) is 1. The number of aliphatic hydroxyl groups excluding tert-OH is 1. The molecule has 0 saturated heterocycles. The topological polar surface area (TPSA) is 49.3 Å². The molecule has 0 aromatic heterocycles. The van der Waals surface area contributed by atoms with Crippen molar-refractivity contribution in [3.05, 3.63) is 0 Å². The number of alkyl halides is 2. The van der Waals surface area contributed by atoms with Gasteiger partial charge in [-0.25, -0.2) is 8.78 Å². The molecule has 1 rings (SSSR count). The first-order chi connectivity index (χ1) is 7.09. The van der Waals surface area contributed by atoms with E-state index in [1.54, 1.807) is 0 Å². The van der Waals surface area contributed by atoms with E-state index in [9.17, 15) is 13.6 Å². The van der Waals surface area contributed by atoms with Gasteiger partial charge in [0.2, 0.25) is 5.91 Å². The Morgan fingerprint density at radius 3 is 2.53 bits per heavy atom. The number of carbonyl (C=O) groups excluding carboxylic acids is 1. The van der Waals surface area contributed by atoms with Crippen molar-refractivity contribution in [2.24, 2.45) is 5.92 Å². The van der Waals surface area contributed by atoms with E-state index in [-0.39, 0.29) is 12.5 Å². The lowest BCUT2D eigenvalue weighted by molar-refractivity contribution is -0.123. The summed E-state index contributed by atoms with van der Waals surface area (Å²) in [6, 6.07) is 0. The maximum Gasteiger partial charge on any atom is 0.265 e. The molecule has 2 N–H and O–H groups in total. The molecule has 1 unspecified atom stereocenters. The summed E-state index contributed by atoms with van der Waals surface area (Å²) < 4.78 is 23.8. The normalized spacial score (nSPS) is 19.5. The van der Waals surface area contributed by atoms with Crippen LogP contribution in [0.1, 0.15) is 32.1 Å². The van der Waals surface area contributed by atoms with Gasteiger partial charge in [-0.2, -0.15) is 0 Å². The van der Waals surface area contributed by atoms with Crippen LogP contribution in [0.25, 0.3) is 0 Å². The van der Waals surface area contributed by atoms with E-state index in [1.165, 1.54) is 0 Å². The fraction of sp³-hybridized carbons (Fsp3) is 0.900. The number of aliphatic hydroxyl groups is 1. The molecule has 1 aliphatic carbocycles. The van der Waals surface area contributed by atoms with Gasteiger partial charge in [-0.05, 0) is 18.8 Å². The number of halogens is 2. The summed E-state index contributed by atoms with van der Waals surface area (Å²) in [4.78, 5) is 11.3. The maximum absolute atomic E-state index is 11.9. The molecule has 1 aliphatic rings. The molecular weight excluding hydrogens is 204 g/mol. The summed E-state index contributed by atoms with van der Waals surface area (Å²) in [5.74, 6) is 0.162. The Bertz CT molecular complexity index is 206. The molecule has 3 nitrogen and oxygen atoms in total. The first-order valence-corrected chi connectivity index (χ1v) is 5.32. The second kappa shape index (κ2) is 6.00. The summed E-state index contributed by atoms with van der Waals surface area (Å²) in [7, 11) is 0. The minimum absolute atomic E-state index is 0.235. The van der Waals surface area contributed by atoms with Crippen LogP contribution in [0.3, 0.4) is 0 Å². The molecule has 0 aliphatic heterocycles. The van der Waals surface area contributed by atoms with Crippen LogP contribution in [0.2, 0.25) is 0 Å². The fourth-order valence-electron chi connectivity index (χ4n) is 1.86. The van der Waals surface area contributed by atoms with Crippen molar-refractivity contribution in [3.63, 3.8) is 0 Å². The van der Waals surface area contributed by atoms with Crippen molar-refractivity contribution in [1.82, 2.24) is 5.32 Å². The molecule has 0 heterocycles. The molecule has 0 spiro atoms. The standard InChI is InChI=1S/C10H17F2NO2/c11-10(12)8(14)6-13-9(15)5-7-3-1-2-4-7/h7-8,10,14H,1-6H2,(H,13,15). The zero-order valence-corrected chi connectivity index (χ0v) is 8.59. The second-order valence-electron chi connectivity index (χ2n) is 4.06. The molecule has 0 aromatic carbocycles. The van der Waals surface area contributed by atoms with Crippen molar-refractivity contribution in [2.45, 2.75) is 44.6 Å². The van der Waals surface area contributed by atoms with Gasteiger partial charge in [0.05, 0.1) is 0 Å². The first kappa shape index (κ1) is 12.4. The Hall–Kier alpha value is -0.710. The number of carbonyl (C=O) groups is 1. The maximum atomic E-state index is 11.9. The zero-order valence-electron chi connectivity index (χ0n) is 8.59. The molecule has 1 saturated carbocycles. The predicted molar refractivity (Wildman–Crippen MR) is 51.6 cm³/mol. The van der Waals surface area contributed by atoms with Gasteiger partial charge < -0.3 is 10.4 Å². The van der Waals surface area contributed by atoms with Crippen LogP contribution in [0.5, 0.6) is 0 Å². The lowest BCUT2D eigenvalue weighted by Crippen LogP contribution is -2.36. The van der Waals surface area contributed by atoms with Gasteiger partial charge in [-0.3, -0.25) is 4.79 Å². The molecule has 0 aromatic rings. The molecule has 5 heteroatoms. The highest BCUT2D eigenvalue weighted by Crippen LogP contribution is 2.27. The van der Waals surface area contributed by atoms with Crippen LogP contribution < -0.4 is 5.32 Å². The van der Waals surface area contributed by atoms with Gasteiger partial charge >= 0.3 is 0 Å². The number of amides is 1. The largest absolute Gasteiger partial charge is 0.385 e. The molecule has 88 valence electrons. The second-order valence-corrected chi connectivity index (χ2v) is 4.06. The minimum Gasteiger partial charge on any atom is -0.385 e. The van der Waals surface area contributed by atoms with Gasteiger partial charge in [-0.1, -0.05) is 12.8 Å². The third-order valence-electron chi connectivity index (χ3n) is 2.75. The van der Waals surface area contributed by atoms with Crippen molar-refractivity contribution < 1.29 is 18.7 Å². The Labute approximate surface area is 87.9 Å². The van der Waals surface area contributed by atoms with Crippen molar-refractivity contribution in [2.75, 3.05) is 6.54 Å². The predicted octanol–water partition coefficient (Wildman–Crippen LogP) is 1.31. The summed E-state index contributed by atoms with van der Waals surface area (Å²) >= 11 is 0. The quantitative estimate of drug-likeness (QED) is 0.735. The third kappa shape index (κ3) is 4.55. The van der Waals surface area contributed by atoms with E-state index in [0.717, 1.165) is 25.7 Å². The van der Waals surface area contributed by atoms with Crippen LogP contribution in [0.4, 0.5) is 8.78 Å². The third-order valence-corrected chi connectivity index (χ3v) is 2.75. The van der Waals surface area contributed by atoms with Crippen LogP contribution in [0, 0.1) is 5.92 Å². The highest BCUT2D eigenvalue weighted by atomic mass is 19.3. The highest BCUT2D eigenvalue weighted by Gasteiger charge is 2.20. The Morgan fingerprint density at radius 2 is 2.00 bits per heavy atom. The van der Waals surface area contributed by atoms with Crippen LogP contribution in [0.15, 0.2) is 0 Å². The smallest absolute Gasteiger partial charge is 0.265 e. The van der Waals surface area contributed by atoms with E-state index in [0.29, 0.717) is 12.3 Å². The molecule has 1 atom stereocenters. The van der Waals surface area contributed by atoms with Crippen molar-refractivity contribution in [1.29, 1.82) is 0 Å². The monoisotopic (exact) mass is 221 g/mol. The molecule has 0 radical (unpaired) electrons. The van der Waals surface area contributed by atoms with Crippen LogP contribution in [-0.2, 0) is 4.79 Å². The van der Waals surface area contributed by atoms with Gasteiger partial charge in [0.25, 0.3) is 6.43 Å². The number of hydrogen-bond donors (Lipinski definition) is 2.